The summed E-state index contributed by atoms with van der Waals surface area (Å²) < 4.78 is 5.01. The van der Waals surface area contributed by atoms with E-state index in [-0.39, 0.29) is 25.2 Å². The van der Waals surface area contributed by atoms with Gasteiger partial charge in [-0.1, -0.05) is 6.08 Å². The Kier molecular flexibility index (Phi) is 4.30. The van der Waals surface area contributed by atoms with Crippen molar-refractivity contribution in [1.82, 2.24) is 10.2 Å². The Labute approximate surface area is 93.9 Å². The minimum absolute atomic E-state index is 0.0744. The average molecular weight is 228 g/mol. The second-order valence-electron chi connectivity index (χ2n) is 3.62. The van der Waals surface area contributed by atoms with Crippen LogP contribution in [0.3, 0.4) is 0 Å². The Balaban J connectivity index is 2.50. The van der Waals surface area contributed by atoms with Crippen LogP contribution in [0.25, 0.3) is 0 Å². The molecular formula is C10H16N2O4. The molecule has 0 aromatic heterocycles. The van der Waals surface area contributed by atoms with Crippen LogP contribution in [0.5, 0.6) is 0 Å². The second kappa shape index (κ2) is 5.50. The lowest BCUT2D eigenvalue weighted by Gasteiger charge is -2.31. The molecule has 90 valence electrons. The van der Waals surface area contributed by atoms with E-state index in [1.165, 1.54) is 4.90 Å². The van der Waals surface area contributed by atoms with Gasteiger partial charge in [-0.2, -0.15) is 0 Å². The van der Waals surface area contributed by atoms with Crippen molar-refractivity contribution in [2.24, 2.45) is 0 Å². The number of nitrogens with one attached hydrogen (secondary N) is 1. The number of rotatable bonds is 3. The highest BCUT2D eigenvalue weighted by molar-refractivity contribution is 5.77. The monoisotopic (exact) mass is 228 g/mol. The molecule has 16 heavy (non-hydrogen) atoms. The molecule has 1 aliphatic rings. The zero-order chi connectivity index (χ0) is 12.1. The molecule has 0 saturated carbocycles. The fourth-order valence-electron chi connectivity index (χ4n) is 1.33. The largest absolute Gasteiger partial charge is 0.479 e. The van der Waals surface area contributed by atoms with E-state index in [0.29, 0.717) is 6.54 Å². The molecule has 2 unspecified atom stereocenters. The molecule has 1 heterocycles. The number of hydrogen-bond acceptors (Lipinski definition) is 3. The normalized spacial score (nSPS) is 22.3. The van der Waals surface area contributed by atoms with Crippen molar-refractivity contribution in [3.05, 3.63) is 12.7 Å². The lowest BCUT2D eigenvalue weighted by Crippen LogP contribution is -2.52. The Morgan fingerprint density at radius 1 is 1.69 bits per heavy atom. The van der Waals surface area contributed by atoms with E-state index in [4.69, 9.17) is 9.84 Å². The van der Waals surface area contributed by atoms with Crippen LogP contribution in [0.2, 0.25) is 0 Å². The predicted molar refractivity (Wildman–Crippen MR) is 57.1 cm³/mol. The number of hydrogen-bond donors (Lipinski definition) is 2. The maximum Gasteiger partial charge on any atom is 0.334 e. The van der Waals surface area contributed by atoms with Gasteiger partial charge in [-0.25, -0.2) is 9.59 Å². The van der Waals surface area contributed by atoms with Gasteiger partial charge in [0.15, 0.2) is 6.10 Å². The summed E-state index contributed by atoms with van der Waals surface area (Å²) >= 11 is 0. The lowest BCUT2D eigenvalue weighted by molar-refractivity contribution is -0.154. The maximum absolute atomic E-state index is 11.7. The molecule has 0 spiro atoms. The van der Waals surface area contributed by atoms with Gasteiger partial charge in [-0.3, -0.25) is 0 Å². The Hall–Kier alpha value is -1.56. The number of carboxylic acid groups (broad SMARTS) is 1. The number of amides is 2. The van der Waals surface area contributed by atoms with Gasteiger partial charge in [0.25, 0.3) is 0 Å². The number of aliphatic carboxylic acids is 1. The van der Waals surface area contributed by atoms with E-state index >= 15 is 0 Å². The van der Waals surface area contributed by atoms with Crippen LogP contribution >= 0.6 is 0 Å². The first-order valence-electron chi connectivity index (χ1n) is 5.07. The molecule has 0 radical (unpaired) electrons. The van der Waals surface area contributed by atoms with Gasteiger partial charge >= 0.3 is 12.0 Å². The molecule has 2 N–H and O–H groups in total. The van der Waals surface area contributed by atoms with Crippen LogP contribution in [-0.4, -0.2) is 53.8 Å². The number of morpholine rings is 1. The first kappa shape index (κ1) is 12.5. The minimum Gasteiger partial charge on any atom is -0.479 e. The molecule has 0 aromatic carbocycles. The molecule has 1 saturated heterocycles. The van der Waals surface area contributed by atoms with E-state index in [1.807, 2.05) is 0 Å². The van der Waals surface area contributed by atoms with Gasteiger partial charge in [0.1, 0.15) is 0 Å². The van der Waals surface area contributed by atoms with E-state index in [9.17, 15) is 9.59 Å². The number of carboxylic acids is 1. The molecule has 0 aromatic rings. The van der Waals surface area contributed by atoms with Crippen molar-refractivity contribution in [1.29, 1.82) is 0 Å². The quantitative estimate of drug-likeness (QED) is 0.669. The Morgan fingerprint density at radius 3 is 2.94 bits per heavy atom. The standard InChI is InChI=1S/C10H16N2O4/c1-3-7(2)11-10(15)12-4-5-16-8(6-12)9(13)14/h3,7-8H,1,4-6H2,2H3,(H,11,15)(H,13,14). The van der Waals surface area contributed by atoms with Crippen molar-refractivity contribution in [3.8, 4) is 0 Å². The van der Waals surface area contributed by atoms with E-state index in [0.717, 1.165) is 0 Å². The van der Waals surface area contributed by atoms with Gasteiger partial charge in [0, 0.05) is 12.6 Å². The van der Waals surface area contributed by atoms with E-state index in [1.54, 1.807) is 13.0 Å². The average Bonchev–Trinajstić information content (AvgIpc) is 2.28. The summed E-state index contributed by atoms with van der Waals surface area (Å²) in [6, 6.07) is -0.430. The fraction of sp³-hybridized carbons (Fsp3) is 0.600. The van der Waals surface area contributed by atoms with Crippen LogP contribution < -0.4 is 5.32 Å². The smallest absolute Gasteiger partial charge is 0.334 e. The number of nitrogens with zero attached hydrogens (tertiary/aromatic N) is 1. The highest BCUT2D eigenvalue weighted by Gasteiger charge is 2.29. The number of carbonyl (C=O) groups is 2. The highest BCUT2D eigenvalue weighted by Crippen LogP contribution is 2.05. The van der Waals surface area contributed by atoms with Crippen molar-refractivity contribution in [2.75, 3.05) is 19.7 Å². The Morgan fingerprint density at radius 2 is 2.38 bits per heavy atom. The molecular weight excluding hydrogens is 212 g/mol. The third-order valence-electron chi connectivity index (χ3n) is 2.33. The van der Waals surface area contributed by atoms with Crippen LogP contribution in [0, 0.1) is 0 Å². The molecule has 1 fully saturated rings. The van der Waals surface area contributed by atoms with Crippen LogP contribution in [0.1, 0.15) is 6.92 Å². The molecule has 2 atom stereocenters. The zero-order valence-corrected chi connectivity index (χ0v) is 9.18. The van der Waals surface area contributed by atoms with Crippen molar-refractivity contribution in [2.45, 2.75) is 19.1 Å². The molecule has 6 nitrogen and oxygen atoms in total. The van der Waals surface area contributed by atoms with Gasteiger partial charge in [-0.15, -0.1) is 6.58 Å². The number of urea groups is 1. The number of carbonyl (C=O) groups excluding carboxylic acids is 1. The third kappa shape index (κ3) is 3.23. The van der Waals surface area contributed by atoms with Crippen LogP contribution in [0.15, 0.2) is 12.7 Å². The predicted octanol–water partition coefficient (Wildman–Crippen LogP) is 0.0559. The molecule has 0 aliphatic carbocycles. The first-order valence-corrected chi connectivity index (χ1v) is 5.07. The maximum atomic E-state index is 11.7. The molecule has 1 rings (SSSR count). The summed E-state index contributed by atoms with van der Waals surface area (Å²) in [6.45, 7) is 6.06. The highest BCUT2D eigenvalue weighted by atomic mass is 16.5. The molecule has 6 heteroatoms. The topological polar surface area (TPSA) is 78.9 Å². The molecule has 2 amide bonds. The summed E-state index contributed by atoms with van der Waals surface area (Å²) in [5.41, 5.74) is 0. The lowest BCUT2D eigenvalue weighted by atomic mass is 10.3. The van der Waals surface area contributed by atoms with Gasteiger partial charge in [-0.05, 0) is 6.92 Å². The summed E-state index contributed by atoms with van der Waals surface area (Å²) in [4.78, 5) is 23.8. The fourth-order valence-corrected chi connectivity index (χ4v) is 1.33. The van der Waals surface area contributed by atoms with Crippen molar-refractivity contribution < 1.29 is 19.4 Å². The third-order valence-corrected chi connectivity index (χ3v) is 2.33. The zero-order valence-electron chi connectivity index (χ0n) is 9.18. The van der Waals surface area contributed by atoms with E-state index in [2.05, 4.69) is 11.9 Å². The van der Waals surface area contributed by atoms with Crippen molar-refractivity contribution in [3.63, 3.8) is 0 Å². The van der Waals surface area contributed by atoms with Crippen LogP contribution in [-0.2, 0) is 9.53 Å². The molecule has 0 bridgehead atoms. The second-order valence-corrected chi connectivity index (χ2v) is 3.62. The van der Waals surface area contributed by atoms with Crippen LogP contribution in [0.4, 0.5) is 4.79 Å². The summed E-state index contributed by atoms with van der Waals surface area (Å²) in [6.07, 6.45) is 0.672. The summed E-state index contributed by atoms with van der Waals surface area (Å²) in [5, 5.41) is 11.4. The summed E-state index contributed by atoms with van der Waals surface area (Å²) in [5.74, 6) is -1.05. The minimum atomic E-state index is -1.05. The molecule has 1 aliphatic heterocycles. The SMILES string of the molecule is C=CC(C)NC(=O)N1CCOC(C(=O)O)C1. The van der Waals surface area contributed by atoms with Gasteiger partial charge in [0.05, 0.1) is 13.2 Å². The van der Waals surface area contributed by atoms with Gasteiger partial charge in [0.2, 0.25) is 0 Å². The Bertz CT molecular complexity index is 293. The van der Waals surface area contributed by atoms with E-state index < -0.39 is 12.1 Å². The van der Waals surface area contributed by atoms with Crippen molar-refractivity contribution >= 4 is 12.0 Å². The summed E-state index contributed by atoms with van der Waals surface area (Å²) in [7, 11) is 0. The first-order chi connectivity index (χ1) is 7.54. The number of ether oxygens (including phenoxy) is 1. The van der Waals surface area contributed by atoms with Gasteiger partial charge < -0.3 is 20.1 Å².